The van der Waals surface area contributed by atoms with Crippen LogP contribution in [0.15, 0.2) is 12.1 Å². The van der Waals surface area contributed by atoms with Crippen LogP contribution in [-0.4, -0.2) is 22.1 Å². The highest BCUT2D eigenvalue weighted by Gasteiger charge is 2.65. The predicted molar refractivity (Wildman–Crippen MR) is 81.8 cm³/mol. The smallest absolute Gasteiger partial charge is 0.307 e. The summed E-state index contributed by atoms with van der Waals surface area (Å²) in [4.78, 5) is 23.5. The largest absolute Gasteiger partial charge is 0.506 e. The van der Waals surface area contributed by atoms with Gasteiger partial charge in [0, 0.05) is 0 Å². The molecular weight excluding hydrogens is 282 g/mol. The Bertz CT molecular complexity index is 650. The summed E-state index contributed by atoms with van der Waals surface area (Å²) in [7, 11) is 0. The first kappa shape index (κ1) is 14.9. The minimum absolute atomic E-state index is 0.0549. The molecule has 22 heavy (non-hydrogen) atoms. The van der Waals surface area contributed by atoms with Crippen molar-refractivity contribution < 1.29 is 19.8 Å². The Morgan fingerprint density at radius 3 is 2.27 bits per heavy atom. The number of carbonyl (C=O) groups is 2. The van der Waals surface area contributed by atoms with Crippen molar-refractivity contribution in [2.45, 2.75) is 39.5 Å². The molecule has 1 saturated carbocycles. The average molecular weight is 303 g/mol. The number of aliphatic carboxylic acids is 1. The third-order valence-electron chi connectivity index (χ3n) is 5.09. The van der Waals surface area contributed by atoms with Gasteiger partial charge in [0.2, 0.25) is 5.91 Å². The van der Waals surface area contributed by atoms with Crippen molar-refractivity contribution in [3.05, 3.63) is 23.3 Å². The fraction of sp³-hybridized carbons (Fsp3) is 0.529. The third kappa shape index (κ3) is 2.34. The molecule has 0 bridgehead atoms. The van der Waals surface area contributed by atoms with Crippen LogP contribution in [0.2, 0.25) is 0 Å². The average Bonchev–Trinajstić information content (AvgIpc) is 3.03. The number of aryl methyl sites for hydroxylation is 2. The van der Waals surface area contributed by atoms with Gasteiger partial charge in [-0.3, -0.25) is 9.59 Å². The summed E-state index contributed by atoms with van der Waals surface area (Å²) >= 11 is 0. The molecule has 0 saturated heterocycles. The molecule has 1 aromatic rings. The van der Waals surface area contributed by atoms with E-state index in [0.717, 1.165) is 36.8 Å². The van der Waals surface area contributed by atoms with Crippen LogP contribution in [0, 0.1) is 17.3 Å². The SMILES string of the molecule is CC1(C)[C@H](C(=O)O)[C@@H]1C(=O)Nc1cc2c(cc1O)CCCC2. The molecule has 3 N–H and O–H groups in total. The molecule has 0 aliphatic heterocycles. The number of carboxylic acids is 1. The second-order valence-electron chi connectivity index (χ2n) is 6.95. The van der Waals surface area contributed by atoms with Gasteiger partial charge in [0.05, 0.1) is 17.5 Å². The lowest BCUT2D eigenvalue weighted by atomic mass is 9.91. The van der Waals surface area contributed by atoms with Crippen LogP contribution in [0.5, 0.6) is 5.75 Å². The second kappa shape index (κ2) is 5.00. The number of aromatic hydroxyl groups is 1. The summed E-state index contributed by atoms with van der Waals surface area (Å²) in [5.74, 6) is -2.43. The van der Waals surface area contributed by atoms with E-state index in [1.165, 1.54) is 0 Å². The molecule has 1 fully saturated rings. The van der Waals surface area contributed by atoms with Crippen LogP contribution < -0.4 is 5.32 Å². The van der Waals surface area contributed by atoms with Crippen molar-refractivity contribution in [3.63, 3.8) is 0 Å². The van der Waals surface area contributed by atoms with E-state index in [9.17, 15) is 14.7 Å². The van der Waals surface area contributed by atoms with Crippen molar-refractivity contribution in [1.82, 2.24) is 0 Å². The van der Waals surface area contributed by atoms with Gasteiger partial charge >= 0.3 is 5.97 Å². The van der Waals surface area contributed by atoms with Crippen LogP contribution in [0.1, 0.15) is 37.8 Å². The Morgan fingerprint density at radius 1 is 1.14 bits per heavy atom. The second-order valence-corrected chi connectivity index (χ2v) is 6.95. The number of phenols is 1. The number of hydrogen-bond donors (Lipinski definition) is 3. The van der Waals surface area contributed by atoms with Crippen molar-refractivity contribution in [2.75, 3.05) is 5.32 Å². The van der Waals surface area contributed by atoms with Gasteiger partial charge in [-0.2, -0.15) is 0 Å². The quantitative estimate of drug-likeness (QED) is 0.749. The molecule has 2 aliphatic carbocycles. The van der Waals surface area contributed by atoms with Crippen molar-refractivity contribution in [1.29, 1.82) is 0 Å². The minimum atomic E-state index is -0.945. The summed E-state index contributed by atoms with van der Waals surface area (Å²) in [6, 6.07) is 3.55. The van der Waals surface area contributed by atoms with Crippen LogP contribution in [0.25, 0.3) is 0 Å². The first-order valence-electron chi connectivity index (χ1n) is 7.71. The fourth-order valence-corrected chi connectivity index (χ4v) is 3.67. The van der Waals surface area contributed by atoms with Gasteiger partial charge in [-0.15, -0.1) is 0 Å². The molecule has 5 heteroatoms. The van der Waals surface area contributed by atoms with Crippen LogP contribution >= 0.6 is 0 Å². The number of fused-ring (bicyclic) bond motifs is 1. The zero-order valence-electron chi connectivity index (χ0n) is 12.8. The Hall–Kier alpha value is -2.04. The van der Waals surface area contributed by atoms with Gasteiger partial charge in [0.25, 0.3) is 0 Å². The molecule has 1 aromatic carbocycles. The monoisotopic (exact) mass is 303 g/mol. The lowest BCUT2D eigenvalue weighted by Crippen LogP contribution is -2.18. The van der Waals surface area contributed by atoms with E-state index >= 15 is 0 Å². The molecule has 1 amide bonds. The van der Waals surface area contributed by atoms with E-state index in [2.05, 4.69) is 5.32 Å². The maximum atomic E-state index is 12.3. The number of rotatable bonds is 3. The van der Waals surface area contributed by atoms with E-state index in [-0.39, 0.29) is 11.7 Å². The van der Waals surface area contributed by atoms with Gasteiger partial charge in [0.1, 0.15) is 5.75 Å². The lowest BCUT2D eigenvalue weighted by Gasteiger charge is -2.18. The highest BCUT2D eigenvalue weighted by Crippen LogP contribution is 2.58. The maximum absolute atomic E-state index is 12.3. The number of phenolic OH excluding ortho intramolecular Hbond substituents is 1. The first-order chi connectivity index (χ1) is 10.3. The minimum Gasteiger partial charge on any atom is -0.506 e. The molecule has 3 rings (SSSR count). The fourth-order valence-electron chi connectivity index (χ4n) is 3.67. The zero-order valence-corrected chi connectivity index (χ0v) is 12.8. The molecule has 2 aliphatic rings. The lowest BCUT2D eigenvalue weighted by molar-refractivity contribution is -0.140. The summed E-state index contributed by atoms with van der Waals surface area (Å²) in [6.07, 6.45) is 4.13. The normalized spacial score (nSPS) is 25.2. The molecule has 0 unspecified atom stereocenters. The van der Waals surface area contributed by atoms with E-state index in [4.69, 9.17) is 5.11 Å². The van der Waals surface area contributed by atoms with Gasteiger partial charge < -0.3 is 15.5 Å². The maximum Gasteiger partial charge on any atom is 0.307 e. The highest BCUT2D eigenvalue weighted by atomic mass is 16.4. The number of hydrogen-bond acceptors (Lipinski definition) is 3. The first-order valence-corrected chi connectivity index (χ1v) is 7.71. The van der Waals surface area contributed by atoms with E-state index in [0.29, 0.717) is 5.69 Å². The van der Waals surface area contributed by atoms with Crippen molar-refractivity contribution in [2.24, 2.45) is 17.3 Å². The number of amides is 1. The molecular formula is C17H21NO4. The molecule has 0 spiro atoms. The molecule has 0 radical (unpaired) electrons. The number of benzene rings is 1. The van der Waals surface area contributed by atoms with Gasteiger partial charge in [0.15, 0.2) is 0 Å². The number of carbonyl (C=O) groups excluding carboxylic acids is 1. The van der Waals surface area contributed by atoms with Gasteiger partial charge in [-0.1, -0.05) is 13.8 Å². The Kier molecular flexibility index (Phi) is 3.38. The topological polar surface area (TPSA) is 86.6 Å². The molecule has 0 heterocycles. The molecule has 2 atom stereocenters. The van der Waals surface area contributed by atoms with Crippen molar-refractivity contribution in [3.8, 4) is 5.75 Å². The van der Waals surface area contributed by atoms with E-state index < -0.39 is 23.2 Å². The zero-order chi connectivity index (χ0) is 16.1. The summed E-state index contributed by atoms with van der Waals surface area (Å²) in [5.41, 5.74) is 2.14. The van der Waals surface area contributed by atoms with Crippen LogP contribution in [0.3, 0.4) is 0 Å². The predicted octanol–water partition coefficient (Wildman–Crippen LogP) is 2.57. The summed E-state index contributed by atoms with van der Waals surface area (Å²) in [5, 5.41) is 22.0. The Morgan fingerprint density at radius 2 is 1.73 bits per heavy atom. The summed E-state index contributed by atoms with van der Waals surface area (Å²) < 4.78 is 0. The van der Waals surface area contributed by atoms with E-state index in [1.807, 2.05) is 6.07 Å². The van der Waals surface area contributed by atoms with E-state index in [1.54, 1.807) is 19.9 Å². The standard InChI is InChI=1S/C17H21NO4/c1-17(2)13(14(17)16(21)22)15(20)18-11-7-9-5-3-4-6-10(9)8-12(11)19/h7-8,13-14,19H,3-6H2,1-2H3,(H,18,20)(H,21,22)/t13-,14+/m1/s1. The van der Waals surface area contributed by atoms with Crippen LogP contribution in [0.4, 0.5) is 5.69 Å². The Labute approximate surface area is 129 Å². The van der Waals surface area contributed by atoms with Crippen molar-refractivity contribution >= 4 is 17.6 Å². The number of anilines is 1. The third-order valence-corrected chi connectivity index (χ3v) is 5.09. The highest BCUT2D eigenvalue weighted by molar-refractivity contribution is 6.00. The number of carboxylic acid groups (broad SMARTS) is 1. The van der Waals surface area contributed by atoms with Gasteiger partial charge in [-0.05, 0) is 54.4 Å². The summed E-state index contributed by atoms with van der Waals surface area (Å²) in [6.45, 7) is 3.56. The molecule has 5 nitrogen and oxygen atoms in total. The van der Waals surface area contributed by atoms with Crippen LogP contribution in [-0.2, 0) is 22.4 Å². The molecule has 0 aromatic heterocycles. The number of nitrogens with one attached hydrogen (secondary N) is 1. The van der Waals surface area contributed by atoms with Gasteiger partial charge in [-0.25, -0.2) is 0 Å². The molecule has 118 valence electrons. The Balaban J connectivity index is 1.79.